The standard InChI is InChI=1S/C26H23NO2S/c1-20-14-17-23(18-15-20)30(28,29)27-26(19-16-21-8-3-2-4-9-21)25-13-7-11-22-10-5-6-12-24(22)25/h2-19,26-27H,1H3/b19-16+/t26-/m0/s1. The Kier molecular flexibility index (Phi) is 5.79. The highest BCUT2D eigenvalue weighted by Crippen LogP contribution is 2.27. The van der Waals surface area contributed by atoms with Gasteiger partial charge in [0, 0.05) is 0 Å². The van der Waals surface area contributed by atoms with Crippen LogP contribution in [0.5, 0.6) is 0 Å². The van der Waals surface area contributed by atoms with E-state index in [1.54, 1.807) is 24.3 Å². The number of sulfonamides is 1. The van der Waals surface area contributed by atoms with E-state index in [1.807, 2.05) is 91.9 Å². The normalized spacial score (nSPS) is 13.0. The summed E-state index contributed by atoms with van der Waals surface area (Å²) >= 11 is 0. The summed E-state index contributed by atoms with van der Waals surface area (Å²) in [5, 5.41) is 2.09. The van der Waals surface area contributed by atoms with Crippen LogP contribution in [0.1, 0.15) is 22.7 Å². The van der Waals surface area contributed by atoms with E-state index in [1.165, 1.54) is 0 Å². The van der Waals surface area contributed by atoms with E-state index < -0.39 is 16.1 Å². The summed E-state index contributed by atoms with van der Waals surface area (Å²) in [5.41, 5.74) is 2.94. The summed E-state index contributed by atoms with van der Waals surface area (Å²) in [5.74, 6) is 0. The fourth-order valence-corrected chi connectivity index (χ4v) is 4.62. The predicted molar refractivity (Wildman–Crippen MR) is 124 cm³/mol. The fourth-order valence-electron chi connectivity index (χ4n) is 3.45. The number of fused-ring (bicyclic) bond motifs is 1. The molecule has 0 heterocycles. The van der Waals surface area contributed by atoms with Crippen molar-refractivity contribution in [1.29, 1.82) is 0 Å². The van der Waals surface area contributed by atoms with Gasteiger partial charge in [-0.05, 0) is 41.0 Å². The molecule has 0 saturated carbocycles. The number of hydrogen-bond acceptors (Lipinski definition) is 2. The van der Waals surface area contributed by atoms with Gasteiger partial charge in [0.25, 0.3) is 0 Å². The zero-order valence-corrected chi connectivity index (χ0v) is 17.5. The molecule has 4 heteroatoms. The van der Waals surface area contributed by atoms with Gasteiger partial charge in [-0.1, -0.05) is 103 Å². The van der Waals surface area contributed by atoms with Crippen molar-refractivity contribution in [2.45, 2.75) is 17.9 Å². The highest BCUT2D eigenvalue weighted by molar-refractivity contribution is 7.89. The van der Waals surface area contributed by atoms with Crippen LogP contribution in [0.25, 0.3) is 16.8 Å². The maximum absolute atomic E-state index is 13.1. The molecule has 0 bridgehead atoms. The van der Waals surface area contributed by atoms with Gasteiger partial charge in [-0.3, -0.25) is 0 Å². The maximum Gasteiger partial charge on any atom is 0.241 e. The van der Waals surface area contributed by atoms with Gasteiger partial charge in [0.2, 0.25) is 10.0 Å². The summed E-state index contributed by atoms with van der Waals surface area (Å²) in [6.07, 6.45) is 3.85. The maximum atomic E-state index is 13.1. The Hall–Kier alpha value is -3.21. The second-order valence-corrected chi connectivity index (χ2v) is 8.96. The molecular weight excluding hydrogens is 390 g/mol. The molecule has 1 atom stereocenters. The molecule has 4 aromatic rings. The van der Waals surface area contributed by atoms with Crippen LogP contribution in [0.2, 0.25) is 0 Å². The zero-order valence-electron chi connectivity index (χ0n) is 16.7. The van der Waals surface area contributed by atoms with E-state index >= 15 is 0 Å². The molecule has 0 radical (unpaired) electrons. The highest BCUT2D eigenvalue weighted by Gasteiger charge is 2.21. The molecule has 3 nitrogen and oxygen atoms in total. The quantitative estimate of drug-likeness (QED) is 0.429. The molecule has 0 aliphatic carbocycles. The largest absolute Gasteiger partial charge is 0.241 e. The first kappa shape index (κ1) is 20.1. The van der Waals surface area contributed by atoms with Gasteiger partial charge in [-0.15, -0.1) is 0 Å². The molecule has 4 rings (SSSR count). The van der Waals surface area contributed by atoms with Gasteiger partial charge in [0.15, 0.2) is 0 Å². The molecule has 150 valence electrons. The summed E-state index contributed by atoms with van der Waals surface area (Å²) < 4.78 is 29.2. The number of benzene rings is 4. The van der Waals surface area contributed by atoms with Crippen LogP contribution < -0.4 is 4.72 Å². The van der Waals surface area contributed by atoms with Crippen molar-refractivity contribution in [3.8, 4) is 0 Å². The van der Waals surface area contributed by atoms with E-state index in [9.17, 15) is 8.42 Å². The molecular formula is C26H23NO2S. The summed E-state index contributed by atoms with van der Waals surface area (Å²) in [7, 11) is -3.70. The Bertz CT molecular complexity index is 1270. The molecule has 0 unspecified atom stereocenters. The van der Waals surface area contributed by atoms with Crippen molar-refractivity contribution in [2.24, 2.45) is 0 Å². The van der Waals surface area contributed by atoms with Crippen molar-refractivity contribution in [3.63, 3.8) is 0 Å². The number of aryl methyl sites for hydroxylation is 1. The van der Waals surface area contributed by atoms with E-state index in [4.69, 9.17) is 0 Å². The van der Waals surface area contributed by atoms with Gasteiger partial charge in [-0.2, -0.15) is 4.72 Å². The smallest absolute Gasteiger partial charge is 0.207 e. The third-order valence-corrected chi connectivity index (χ3v) is 6.51. The molecule has 0 saturated heterocycles. The topological polar surface area (TPSA) is 46.2 Å². The molecule has 0 amide bonds. The summed E-state index contributed by atoms with van der Waals surface area (Å²) in [6, 6.07) is 30.2. The van der Waals surface area contributed by atoms with Gasteiger partial charge < -0.3 is 0 Å². The van der Waals surface area contributed by atoms with Gasteiger partial charge >= 0.3 is 0 Å². The Morgan fingerprint density at radius 3 is 2.20 bits per heavy atom. The van der Waals surface area contributed by atoms with Crippen molar-refractivity contribution in [2.75, 3.05) is 0 Å². The van der Waals surface area contributed by atoms with Crippen LogP contribution in [-0.4, -0.2) is 8.42 Å². The zero-order chi connectivity index (χ0) is 21.0. The molecule has 4 aromatic carbocycles. The van der Waals surface area contributed by atoms with Gasteiger partial charge in [0.1, 0.15) is 0 Å². The monoisotopic (exact) mass is 413 g/mol. The third kappa shape index (κ3) is 4.51. The van der Waals surface area contributed by atoms with Gasteiger partial charge in [0.05, 0.1) is 10.9 Å². The average Bonchev–Trinajstić information content (AvgIpc) is 2.77. The first-order chi connectivity index (χ1) is 14.5. The number of hydrogen-bond donors (Lipinski definition) is 1. The lowest BCUT2D eigenvalue weighted by Crippen LogP contribution is -2.27. The van der Waals surface area contributed by atoms with E-state index in [0.29, 0.717) is 0 Å². The van der Waals surface area contributed by atoms with Crippen LogP contribution in [0.15, 0.2) is 108 Å². The van der Waals surface area contributed by atoms with E-state index in [0.717, 1.165) is 27.5 Å². The first-order valence-corrected chi connectivity index (χ1v) is 11.3. The third-order valence-electron chi connectivity index (χ3n) is 5.05. The Labute approximate surface area is 177 Å². The Morgan fingerprint density at radius 2 is 1.43 bits per heavy atom. The van der Waals surface area contributed by atoms with Gasteiger partial charge in [-0.25, -0.2) is 8.42 Å². The lowest BCUT2D eigenvalue weighted by atomic mass is 9.98. The molecule has 0 spiro atoms. The van der Waals surface area contributed by atoms with Crippen molar-refractivity contribution in [1.82, 2.24) is 4.72 Å². The fraction of sp³-hybridized carbons (Fsp3) is 0.0769. The number of rotatable bonds is 6. The second kappa shape index (κ2) is 8.66. The average molecular weight is 414 g/mol. The lowest BCUT2D eigenvalue weighted by molar-refractivity contribution is 0.575. The molecule has 0 aliphatic heterocycles. The summed E-state index contributed by atoms with van der Waals surface area (Å²) in [4.78, 5) is 0.256. The van der Waals surface area contributed by atoms with E-state index in [-0.39, 0.29) is 4.90 Å². The Morgan fingerprint density at radius 1 is 0.767 bits per heavy atom. The Balaban J connectivity index is 1.77. The number of nitrogens with one attached hydrogen (secondary N) is 1. The first-order valence-electron chi connectivity index (χ1n) is 9.83. The highest BCUT2D eigenvalue weighted by atomic mass is 32.2. The van der Waals surface area contributed by atoms with Crippen molar-refractivity contribution >= 4 is 26.9 Å². The molecule has 1 N–H and O–H groups in total. The predicted octanol–water partition coefficient (Wildman–Crippen LogP) is 5.88. The van der Waals surface area contributed by atoms with Crippen LogP contribution in [-0.2, 0) is 10.0 Å². The molecule has 0 aromatic heterocycles. The molecule has 0 aliphatic rings. The van der Waals surface area contributed by atoms with Crippen LogP contribution in [0.3, 0.4) is 0 Å². The SMILES string of the molecule is Cc1ccc(S(=O)(=O)N[C@@H](/C=C/c2ccccc2)c2cccc3ccccc23)cc1. The minimum Gasteiger partial charge on any atom is -0.207 e. The minimum atomic E-state index is -3.70. The minimum absolute atomic E-state index is 0.256. The lowest BCUT2D eigenvalue weighted by Gasteiger charge is -2.18. The van der Waals surface area contributed by atoms with Crippen LogP contribution in [0.4, 0.5) is 0 Å². The summed E-state index contributed by atoms with van der Waals surface area (Å²) in [6.45, 7) is 1.94. The van der Waals surface area contributed by atoms with Crippen molar-refractivity contribution in [3.05, 3.63) is 120 Å². The second-order valence-electron chi connectivity index (χ2n) is 7.25. The van der Waals surface area contributed by atoms with E-state index in [2.05, 4.69) is 4.72 Å². The van der Waals surface area contributed by atoms with Crippen molar-refractivity contribution < 1.29 is 8.42 Å². The van der Waals surface area contributed by atoms with Crippen LogP contribution in [0, 0.1) is 6.92 Å². The molecule has 0 fully saturated rings. The van der Waals surface area contributed by atoms with Crippen LogP contribution >= 0.6 is 0 Å². The molecule has 30 heavy (non-hydrogen) atoms.